The van der Waals surface area contributed by atoms with Gasteiger partial charge in [0.05, 0.1) is 5.75 Å². The maximum atomic E-state index is 11.1. The van der Waals surface area contributed by atoms with Gasteiger partial charge < -0.3 is 15.4 Å². The number of hydrogen-bond donors (Lipinski definition) is 2. The molecule has 114 valence electrons. The summed E-state index contributed by atoms with van der Waals surface area (Å²) in [6.07, 6.45) is 2.69. The van der Waals surface area contributed by atoms with Crippen LogP contribution in [-0.4, -0.2) is 59.2 Å². The molecule has 0 aliphatic rings. The van der Waals surface area contributed by atoms with E-state index in [4.69, 9.17) is 4.74 Å². The molecule has 6 nitrogen and oxygen atoms in total. The van der Waals surface area contributed by atoms with E-state index >= 15 is 0 Å². The van der Waals surface area contributed by atoms with Crippen LogP contribution in [0.15, 0.2) is 4.99 Å². The van der Waals surface area contributed by atoms with Crippen molar-refractivity contribution >= 4 is 15.8 Å². The number of ether oxygens (including phenoxy) is 1. The second-order valence-corrected chi connectivity index (χ2v) is 6.83. The summed E-state index contributed by atoms with van der Waals surface area (Å²) in [5.74, 6) is 0.907. The zero-order valence-corrected chi connectivity index (χ0v) is 13.2. The fraction of sp³-hybridized carbons (Fsp3) is 0.917. The third-order valence-corrected chi connectivity index (χ3v) is 3.40. The molecule has 0 radical (unpaired) electrons. The lowest BCUT2D eigenvalue weighted by Gasteiger charge is -2.17. The van der Waals surface area contributed by atoms with Gasteiger partial charge in [-0.25, -0.2) is 8.42 Å². The van der Waals surface area contributed by atoms with E-state index in [2.05, 4.69) is 15.6 Å². The van der Waals surface area contributed by atoms with Gasteiger partial charge in [-0.15, -0.1) is 0 Å². The van der Waals surface area contributed by atoms with Crippen LogP contribution in [0.3, 0.4) is 0 Å². The van der Waals surface area contributed by atoms with Gasteiger partial charge in [0, 0.05) is 39.1 Å². The third kappa shape index (κ3) is 12.0. The van der Waals surface area contributed by atoms with Crippen LogP contribution in [0.1, 0.15) is 26.7 Å². The van der Waals surface area contributed by atoms with E-state index in [1.165, 1.54) is 6.26 Å². The highest BCUT2D eigenvalue weighted by Crippen LogP contribution is 1.95. The summed E-state index contributed by atoms with van der Waals surface area (Å²) in [7, 11) is -1.24. The minimum absolute atomic E-state index is 0.0648. The van der Waals surface area contributed by atoms with Gasteiger partial charge in [0.25, 0.3) is 0 Å². The summed E-state index contributed by atoms with van der Waals surface area (Å²) in [6, 6.07) is 0.0648. The van der Waals surface area contributed by atoms with Crippen molar-refractivity contribution in [3.05, 3.63) is 0 Å². The van der Waals surface area contributed by atoms with Gasteiger partial charge in [-0.3, -0.25) is 4.99 Å². The number of nitrogens with zero attached hydrogens (tertiary/aromatic N) is 1. The maximum absolute atomic E-state index is 11.1. The lowest BCUT2D eigenvalue weighted by Crippen LogP contribution is -2.42. The van der Waals surface area contributed by atoms with E-state index < -0.39 is 9.84 Å². The first-order chi connectivity index (χ1) is 8.89. The predicted molar refractivity (Wildman–Crippen MR) is 79.4 cm³/mol. The Kier molecular flexibility index (Phi) is 9.59. The molecule has 0 aromatic rings. The number of rotatable bonds is 9. The van der Waals surface area contributed by atoms with E-state index in [9.17, 15) is 8.42 Å². The first kappa shape index (κ1) is 18.2. The van der Waals surface area contributed by atoms with Crippen LogP contribution in [0.4, 0.5) is 0 Å². The van der Waals surface area contributed by atoms with Gasteiger partial charge in [-0.2, -0.15) is 0 Å². The van der Waals surface area contributed by atoms with Crippen molar-refractivity contribution in [2.24, 2.45) is 4.99 Å². The fourth-order valence-corrected chi connectivity index (χ4v) is 2.20. The average Bonchev–Trinajstić information content (AvgIpc) is 2.31. The summed E-state index contributed by atoms with van der Waals surface area (Å²) in [5, 5.41) is 6.34. The molecule has 0 aliphatic heterocycles. The van der Waals surface area contributed by atoms with Crippen LogP contribution >= 0.6 is 0 Å². The molecule has 0 saturated heterocycles. The van der Waals surface area contributed by atoms with Gasteiger partial charge >= 0.3 is 0 Å². The van der Waals surface area contributed by atoms with Gasteiger partial charge in [0.15, 0.2) is 5.96 Å². The summed E-state index contributed by atoms with van der Waals surface area (Å²) in [4.78, 5) is 4.40. The number of aliphatic imine (C=N–C) groups is 1. The monoisotopic (exact) mass is 293 g/mol. The molecule has 7 heteroatoms. The minimum atomic E-state index is -2.91. The quantitative estimate of drug-likeness (QED) is 0.365. The Labute approximate surface area is 116 Å². The Bertz CT molecular complexity index is 355. The molecule has 19 heavy (non-hydrogen) atoms. The Morgan fingerprint density at radius 3 is 2.63 bits per heavy atom. The summed E-state index contributed by atoms with van der Waals surface area (Å²) in [6.45, 7) is 6.09. The van der Waals surface area contributed by atoms with Crippen molar-refractivity contribution in [1.82, 2.24) is 10.6 Å². The highest BCUT2D eigenvalue weighted by molar-refractivity contribution is 7.90. The van der Waals surface area contributed by atoms with Crippen LogP contribution in [0.2, 0.25) is 0 Å². The normalized spacial score (nSPS) is 14.2. The van der Waals surface area contributed by atoms with Gasteiger partial charge in [-0.05, 0) is 26.7 Å². The summed E-state index contributed by atoms with van der Waals surface area (Å²) >= 11 is 0. The lowest BCUT2D eigenvalue weighted by atomic mass is 10.3. The molecule has 2 N–H and O–H groups in total. The van der Waals surface area contributed by atoms with Crippen LogP contribution in [-0.2, 0) is 14.6 Å². The van der Waals surface area contributed by atoms with Crippen molar-refractivity contribution in [2.45, 2.75) is 32.7 Å². The zero-order valence-electron chi connectivity index (χ0n) is 12.4. The second-order valence-electron chi connectivity index (χ2n) is 4.57. The van der Waals surface area contributed by atoms with E-state index in [0.717, 1.165) is 18.9 Å². The smallest absolute Gasteiger partial charge is 0.191 e. The molecule has 0 aliphatic carbocycles. The van der Waals surface area contributed by atoms with Crippen molar-refractivity contribution in [2.75, 3.05) is 38.8 Å². The van der Waals surface area contributed by atoms with Crippen LogP contribution in [0.25, 0.3) is 0 Å². The van der Waals surface area contributed by atoms with Crippen LogP contribution in [0, 0.1) is 0 Å². The summed E-state index contributed by atoms with van der Waals surface area (Å²) in [5.41, 5.74) is 0. The van der Waals surface area contributed by atoms with Gasteiger partial charge in [0.1, 0.15) is 9.84 Å². The van der Waals surface area contributed by atoms with Crippen molar-refractivity contribution in [3.8, 4) is 0 Å². The number of methoxy groups -OCH3 is 1. The third-order valence-electron chi connectivity index (χ3n) is 2.43. The second kappa shape index (κ2) is 10.0. The number of guanidine groups is 1. The molecular formula is C12H27N3O3S. The van der Waals surface area contributed by atoms with Crippen molar-refractivity contribution < 1.29 is 13.2 Å². The molecule has 0 rings (SSSR count). The molecule has 0 saturated carbocycles. The Hall–Kier alpha value is -0.820. The average molecular weight is 293 g/mol. The van der Waals surface area contributed by atoms with Crippen molar-refractivity contribution in [3.63, 3.8) is 0 Å². The van der Waals surface area contributed by atoms with Crippen molar-refractivity contribution in [1.29, 1.82) is 0 Å². The Morgan fingerprint density at radius 2 is 2.11 bits per heavy atom. The fourth-order valence-electron chi connectivity index (χ4n) is 1.42. The molecule has 0 amide bonds. The Balaban J connectivity index is 4.16. The molecular weight excluding hydrogens is 266 g/mol. The molecule has 0 fully saturated rings. The molecule has 0 heterocycles. The van der Waals surface area contributed by atoms with E-state index in [1.807, 2.05) is 13.8 Å². The van der Waals surface area contributed by atoms with Gasteiger partial charge in [0.2, 0.25) is 0 Å². The van der Waals surface area contributed by atoms with E-state index in [-0.39, 0.29) is 11.8 Å². The van der Waals surface area contributed by atoms with Crippen LogP contribution in [0.5, 0.6) is 0 Å². The van der Waals surface area contributed by atoms with Crippen LogP contribution < -0.4 is 10.6 Å². The molecule has 0 aromatic carbocycles. The molecule has 1 unspecified atom stereocenters. The molecule has 0 aromatic heterocycles. The maximum Gasteiger partial charge on any atom is 0.191 e. The molecule has 0 spiro atoms. The number of nitrogens with one attached hydrogen (secondary N) is 2. The lowest BCUT2D eigenvalue weighted by molar-refractivity contribution is 0.197. The first-order valence-electron chi connectivity index (χ1n) is 6.60. The molecule has 0 bridgehead atoms. The first-order valence-corrected chi connectivity index (χ1v) is 8.66. The van der Waals surface area contributed by atoms with Gasteiger partial charge in [-0.1, -0.05) is 0 Å². The SMILES string of the molecule is CCNC(=NCCCOC)NC(C)CCS(C)(=O)=O. The number of hydrogen-bond acceptors (Lipinski definition) is 4. The largest absolute Gasteiger partial charge is 0.385 e. The van der Waals surface area contributed by atoms with E-state index in [0.29, 0.717) is 19.6 Å². The summed E-state index contributed by atoms with van der Waals surface area (Å²) < 4.78 is 27.2. The highest BCUT2D eigenvalue weighted by atomic mass is 32.2. The predicted octanol–water partition coefficient (Wildman–Crippen LogP) is 0.401. The highest BCUT2D eigenvalue weighted by Gasteiger charge is 2.09. The number of sulfone groups is 1. The Morgan fingerprint density at radius 1 is 1.42 bits per heavy atom. The topological polar surface area (TPSA) is 79.8 Å². The standard InChI is InChI=1S/C12H27N3O3S/c1-5-13-12(14-8-6-9-18-3)15-11(2)7-10-19(4,16)17/h11H,5-10H2,1-4H3,(H2,13,14,15). The molecule has 1 atom stereocenters. The minimum Gasteiger partial charge on any atom is -0.385 e. The van der Waals surface area contributed by atoms with E-state index in [1.54, 1.807) is 7.11 Å². The zero-order chi connectivity index (χ0) is 14.7.